The Bertz CT molecular complexity index is 204. The van der Waals surface area contributed by atoms with Gasteiger partial charge in [0.1, 0.15) is 6.29 Å². The van der Waals surface area contributed by atoms with Crippen molar-refractivity contribution in [3.8, 4) is 0 Å². The van der Waals surface area contributed by atoms with Crippen LogP contribution in [-0.4, -0.2) is 30.6 Å². The largest absolute Gasteiger partial charge is 0.350 e. The van der Waals surface area contributed by atoms with Crippen molar-refractivity contribution in [1.82, 2.24) is 5.32 Å². The number of hydrogen-bond acceptors (Lipinski definition) is 4. The Labute approximate surface area is 76.7 Å². The molecule has 3 N–H and O–H groups in total. The molecule has 0 spiro atoms. The number of hydrogen-bond donors (Lipinski definition) is 2. The van der Waals surface area contributed by atoms with Gasteiger partial charge in [0.2, 0.25) is 5.78 Å². The van der Waals surface area contributed by atoms with Crippen molar-refractivity contribution in [3.05, 3.63) is 0 Å². The van der Waals surface area contributed by atoms with Crippen molar-refractivity contribution in [2.45, 2.75) is 25.8 Å². The number of rotatable bonds is 6. The molecule has 5 nitrogen and oxygen atoms in total. The number of carbonyl (C=O) groups excluding carboxylic acids is 3. The standard InChI is InChI=1S/C8H14N2O3/c1-6(12)8(13)10-4-2-3-7(9)5-11/h5,7H,2-4,9H2,1H3,(H,10,13). The van der Waals surface area contributed by atoms with E-state index in [4.69, 9.17) is 5.73 Å². The molecule has 0 fully saturated rings. The van der Waals surface area contributed by atoms with Crippen LogP contribution in [0.1, 0.15) is 19.8 Å². The first-order valence-corrected chi connectivity index (χ1v) is 4.07. The first-order valence-electron chi connectivity index (χ1n) is 4.07. The molecule has 0 aromatic heterocycles. The summed E-state index contributed by atoms with van der Waals surface area (Å²) >= 11 is 0. The molecule has 0 aromatic rings. The van der Waals surface area contributed by atoms with Gasteiger partial charge in [0.05, 0.1) is 6.04 Å². The number of nitrogens with two attached hydrogens (primary N) is 1. The Kier molecular flexibility index (Phi) is 5.71. The van der Waals surface area contributed by atoms with Crippen LogP contribution in [-0.2, 0) is 14.4 Å². The Morgan fingerprint density at radius 1 is 1.54 bits per heavy atom. The summed E-state index contributed by atoms with van der Waals surface area (Å²) in [6.45, 7) is 1.58. The number of aldehydes is 1. The van der Waals surface area contributed by atoms with Crippen LogP contribution >= 0.6 is 0 Å². The summed E-state index contributed by atoms with van der Waals surface area (Å²) in [5.74, 6) is -1.11. The van der Waals surface area contributed by atoms with Crippen LogP contribution in [0.25, 0.3) is 0 Å². The molecule has 0 aliphatic carbocycles. The number of Topliss-reactive ketones (excluding diaryl/α,β-unsaturated/α-hetero) is 1. The number of nitrogens with one attached hydrogen (secondary N) is 1. The topological polar surface area (TPSA) is 89.3 Å². The molecular formula is C8H14N2O3. The third-order valence-corrected chi connectivity index (χ3v) is 1.49. The second-order valence-electron chi connectivity index (χ2n) is 2.75. The molecule has 0 saturated heterocycles. The number of ketones is 1. The fourth-order valence-corrected chi connectivity index (χ4v) is 0.732. The van der Waals surface area contributed by atoms with Crippen LogP contribution in [0, 0.1) is 0 Å². The van der Waals surface area contributed by atoms with Crippen molar-refractivity contribution in [2.75, 3.05) is 6.54 Å². The van der Waals surface area contributed by atoms with E-state index in [9.17, 15) is 14.4 Å². The fourth-order valence-electron chi connectivity index (χ4n) is 0.732. The van der Waals surface area contributed by atoms with Gasteiger partial charge in [0.15, 0.2) is 0 Å². The summed E-state index contributed by atoms with van der Waals surface area (Å²) in [4.78, 5) is 31.2. The molecule has 1 unspecified atom stereocenters. The molecule has 0 radical (unpaired) electrons. The summed E-state index contributed by atoms with van der Waals surface area (Å²) in [5, 5.41) is 2.40. The Hall–Kier alpha value is -1.23. The summed E-state index contributed by atoms with van der Waals surface area (Å²) in [5.41, 5.74) is 5.30. The summed E-state index contributed by atoms with van der Waals surface area (Å²) in [6, 6.07) is -0.478. The monoisotopic (exact) mass is 186 g/mol. The third-order valence-electron chi connectivity index (χ3n) is 1.49. The van der Waals surface area contributed by atoms with Crippen LogP contribution in [0.3, 0.4) is 0 Å². The zero-order valence-electron chi connectivity index (χ0n) is 7.58. The summed E-state index contributed by atoms with van der Waals surface area (Å²) in [6.07, 6.45) is 1.77. The SMILES string of the molecule is CC(=O)C(=O)NCCCC(N)C=O. The van der Waals surface area contributed by atoms with Gasteiger partial charge in [-0.05, 0) is 12.8 Å². The molecule has 1 atom stereocenters. The Morgan fingerprint density at radius 3 is 2.62 bits per heavy atom. The van der Waals surface area contributed by atoms with Gasteiger partial charge in [-0.3, -0.25) is 9.59 Å². The van der Waals surface area contributed by atoms with Crippen LogP contribution < -0.4 is 11.1 Å². The van der Waals surface area contributed by atoms with Gasteiger partial charge in [-0.15, -0.1) is 0 Å². The average molecular weight is 186 g/mol. The predicted octanol–water partition coefficient (Wildman–Crippen LogP) is -1.00. The van der Waals surface area contributed by atoms with Gasteiger partial charge in [0.25, 0.3) is 5.91 Å². The van der Waals surface area contributed by atoms with E-state index < -0.39 is 17.7 Å². The zero-order chi connectivity index (χ0) is 10.3. The molecule has 0 saturated carbocycles. The molecule has 74 valence electrons. The molecule has 5 heteroatoms. The van der Waals surface area contributed by atoms with Crippen molar-refractivity contribution in [3.63, 3.8) is 0 Å². The van der Waals surface area contributed by atoms with E-state index in [1.807, 2.05) is 0 Å². The molecule has 0 aromatic carbocycles. The van der Waals surface area contributed by atoms with E-state index in [-0.39, 0.29) is 0 Å². The summed E-state index contributed by atoms with van der Waals surface area (Å²) in [7, 11) is 0. The van der Waals surface area contributed by atoms with Gasteiger partial charge in [-0.1, -0.05) is 0 Å². The minimum absolute atomic E-state index is 0.375. The zero-order valence-corrected chi connectivity index (χ0v) is 7.58. The second-order valence-corrected chi connectivity index (χ2v) is 2.75. The van der Waals surface area contributed by atoms with Crippen molar-refractivity contribution in [2.24, 2.45) is 5.73 Å². The first kappa shape index (κ1) is 11.8. The fraction of sp³-hybridized carbons (Fsp3) is 0.625. The van der Waals surface area contributed by atoms with Gasteiger partial charge in [-0.2, -0.15) is 0 Å². The lowest BCUT2D eigenvalue weighted by Gasteiger charge is -2.04. The van der Waals surface area contributed by atoms with Gasteiger partial charge in [-0.25, -0.2) is 0 Å². The van der Waals surface area contributed by atoms with E-state index in [1.165, 1.54) is 6.92 Å². The van der Waals surface area contributed by atoms with Gasteiger partial charge < -0.3 is 15.8 Å². The predicted molar refractivity (Wildman–Crippen MR) is 47.0 cm³/mol. The first-order chi connectivity index (χ1) is 6.07. The maximum absolute atomic E-state index is 10.7. The molecule has 0 heterocycles. The van der Waals surface area contributed by atoms with E-state index >= 15 is 0 Å². The van der Waals surface area contributed by atoms with E-state index in [1.54, 1.807) is 0 Å². The van der Waals surface area contributed by atoms with Gasteiger partial charge in [0, 0.05) is 13.5 Å². The molecule has 1 amide bonds. The van der Waals surface area contributed by atoms with E-state index in [0.29, 0.717) is 25.7 Å². The Morgan fingerprint density at radius 2 is 2.15 bits per heavy atom. The molecule has 0 aliphatic heterocycles. The number of amides is 1. The lowest BCUT2D eigenvalue weighted by Crippen LogP contribution is -2.31. The number of carbonyl (C=O) groups is 3. The maximum atomic E-state index is 10.7. The van der Waals surface area contributed by atoms with Crippen LogP contribution in [0.5, 0.6) is 0 Å². The lowest BCUT2D eigenvalue weighted by atomic mass is 10.2. The van der Waals surface area contributed by atoms with Gasteiger partial charge >= 0.3 is 0 Å². The van der Waals surface area contributed by atoms with E-state index in [2.05, 4.69) is 5.32 Å². The van der Waals surface area contributed by atoms with Crippen molar-refractivity contribution in [1.29, 1.82) is 0 Å². The highest BCUT2D eigenvalue weighted by Gasteiger charge is 2.05. The molecule has 0 bridgehead atoms. The van der Waals surface area contributed by atoms with Crippen LogP contribution in [0.15, 0.2) is 0 Å². The summed E-state index contributed by atoms with van der Waals surface area (Å²) < 4.78 is 0. The third kappa shape index (κ3) is 5.98. The minimum Gasteiger partial charge on any atom is -0.350 e. The van der Waals surface area contributed by atoms with Crippen molar-refractivity contribution >= 4 is 18.0 Å². The minimum atomic E-state index is -0.598. The maximum Gasteiger partial charge on any atom is 0.287 e. The van der Waals surface area contributed by atoms with Crippen LogP contribution in [0.2, 0.25) is 0 Å². The smallest absolute Gasteiger partial charge is 0.287 e. The molecule has 0 aliphatic rings. The van der Waals surface area contributed by atoms with E-state index in [0.717, 1.165) is 0 Å². The highest BCUT2D eigenvalue weighted by Crippen LogP contribution is 1.89. The molecular weight excluding hydrogens is 172 g/mol. The molecule has 13 heavy (non-hydrogen) atoms. The second kappa shape index (κ2) is 6.30. The average Bonchev–Trinajstić information content (AvgIpc) is 2.11. The quantitative estimate of drug-likeness (QED) is 0.316. The molecule has 0 rings (SSSR count). The highest BCUT2D eigenvalue weighted by molar-refractivity contribution is 6.35. The highest BCUT2D eigenvalue weighted by atomic mass is 16.2. The lowest BCUT2D eigenvalue weighted by molar-refractivity contribution is -0.136. The van der Waals surface area contributed by atoms with Crippen molar-refractivity contribution < 1.29 is 14.4 Å². The van der Waals surface area contributed by atoms with Crippen LogP contribution in [0.4, 0.5) is 0 Å². The Balaban J connectivity index is 3.41. The normalized spacial score (nSPS) is 11.8.